The number of hydrogen-bond acceptors (Lipinski definition) is 5. The highest BCUT2D eigenvalue weighted by atomic mass is 16.4. The van der Waals surface area contributed by atoms with Gasteiger partial charge in [-0.2, -0.15) is 5.10 Å². The number of nitrogens with zero attached hydrogens (tertiary/aromatic N) is 3. The van der Waals surface area contributed by atoms with Gasteiger partial charge in [0, 0.05) is 17.8 Å². The van der Waals surface area contributed by atoms with E-state index in [4.69, 9.17) is 4.42 Å². The van der Waals surface area contributed by atoms with Gasteiger partial charge in [-0.25, -0.2) is 0 Å². The molecule has 6 heteroatoms. The Morgan fingerprint density at radius 2 is 2.05 bits per heavy atom. The molecule has 0 aliphatic rings. The minimum atomic E-state index is 0.125. The summed E-state index contributed by atoms with van der Waals surface area (Å²) in [7, 11) is 0. The van der Waals surface area contributed by atoms with Crippen LogP contribution in [0.3, 0.4) is 0 Å². The predicted molar refractivity (Wildman–Crippen MR) is 83.5 cm³/mol. The standard InChI is InChI=1S/C16H19N5O/c1-3-14(12-7-5-4-6-8-12)15-20-21-16(22-15)17-9-13-10-18-19-11(13)2/h4-8,10,14H,3,9H2,1-2H3,(H,17,21)(H,18,19). The van der Waals surface area contributed by atoms with Crippen LogP contribution in [-0.2, 0) is 6.54 Å². The lowest BCUT2D eigenvalue weighted by atomic mass is 9.97. The van der Waals surface area contributed by atoms with Crippen molar-refractivity contribution < 1.29 is 4.42 Å². The van der Waals surface area contributed by atoms with Crippen molar-refractivity contribution in [2.45, 2.75) is 32.7 Å². The number of hydrogen-bond donors (Lipinski definition) is 2. The average Bonchev–Trinajstić information content (AvgIpc) is 3.16. The van der Waals surface area contributed by atoms with Gasteiger partial charge in [0.05, 0.1) is 12.1 Å². The van der Waals surface area contributed by atoms with Gasteiger partial charge in [-0.05, 0) is 18.9 Å². The quantitative estimate of drug-likeness (QED) is 0.730. The van der Waals surface area contributed by atoms with E-state index in [-0.39, 0.29) is 5.92 Å². The summed E-state index contributed by atoms with van der Waals surface area (Å²) in [4.78, 5) is 0. The van der Waals surface area contributed by atoms with Crippen LogP contribution in [0.2, 0.25) is 0 Å². The molecular formula is C16H19N5O. The third kappa shape index (κ3) is 3.00. The van der Waals surface area contributed by atoms with Gasteiger partial charge in [0.2, 0.25) is 5.89 Å². The fourth-order valence-corrected chi connectivity index (χ4v) is 2.41. The van der Waals surface area contributed by atoms with Crippen LogP contribution in [0.25, 0.3) is 0 Å². The van der Waals surface area contributed by atoms with Gasteiger partial charge in [-0.15, -0.1) is 5.10 Å². The van der Waals surface area contributed by atoms with Crippen LogP contribution >= 0.6 is 0 Å². The molecule has 0 spiro atoms. The number of anilines is 1. The van der Waals surface area contributed by atoms with E-state index in [0.717, 1.165) is 17.7 Å². The second-order valence-corrected chi connectivity index (χ2v) is 5.19. The molecule has 1 unspecified atom stereocenters. The predicted octanol–water partition coefficient (Wildman–Crippen LogP) is 3.26. The summed E-state index contributed by atoms with van der Waals surface area (Å²) in [5.74, 6) is 0.764. The van der Waals surface area contributed by atoms with E-state index in [1.54, 1.807) is 6.20 Å². The lowest BCUT2D eigenvalue weighted by Crippen LogP contribution is -2.00. The second kappa shape index (κ2) is 6.43. The summed E-state index contributed by atoms with van der Waals surface area (Å²) in [6, 6.07) is 10.7. The van der Waals surface area contributed by atoms with Crippen LogP contribution in [0.4, 0.5) is 6.01 Å². The first-order valence-corrected chi connectivity index (χ1v) is 7.39. The third-order valence-corrected chi connectivity index (χ3v) is 3.71. The Kier molecular flexibility index (Phi) is 4.18. The molecule has 2 N–H and O–H groups in total. The molecular weight excluding hydrogens is 278 g/mol. The van der Waals surface area contributed by atoms with Crippen molar-refractivity contribution in [3.8, 4) is 0 Å². The van der Waals surface area contributed by atoms with E-state index >= 15 is 0 Å². The summed E-state index contributed by atoms with van der Waals surface area (Å²) < 4.78 is 5.77. The van der Waals surface area contributed by atoms with Crippen molar-refractivity contribution in [3.05, 3.63) is 59.2 Å². The average molecular weight is 297 g/mol. The minimum Gasteiger partial charge on any atom is -0.407 e. The highest BCUT2D eigenvalue weighted by Gasteiger charge is 2.18. The molecule has 0 saturated carbocycles. The first kappa shape index (κ1) is 14.3. The molecule has 0 aliphatic heterocycles. The van der Waals surface area contributed by atoms with Gasteiger partial charge in [-0.1, -0.05) is 42.4 Å². The number of aryl methyl sites for hydroxylation is 1. The summed E-state index contributed by atoms with van der Waals surface area (Å²) >= 11 is 0. The van der Waals surface area contributed by atoms with Crippen molar-refractivity contribution in [1.82, 2.24) is 20.4 Å². The van der Waals surface area contributed by atoms with Crippen molar-refractivity contribution >= 4 is 6.01 Å². The SMILES string of the molecule is CCC(c1ccccc1)c1nnc(NCc2cn[nH]c2C)o1. The molecule has 0 aliphatic carbocycles. The maximum absolute atomic E-state index is 5.77. The maximum atomic E-state index is 5.77. The van der Waals surface area contributed by atoms with Crippen molar-refractivity contribution in [1.29, 1.82) is 0 Å². The van der Waals surface area contributed by atoms with Crippen molar-refractivity contribution in [3.63, 3.8) is 0 Å². The zero-order chi connectivity index (χ0) is 15.4. The molecule has 2 aromatic heterocycles. The summed E-state index contributed by atoms with van der Waals surface area (Å²) in [6.45, 7) is 4.70. The zero-order valence-electron chi connectivity index (χ0n) is 12.7. The molecule has 6 nitrogen and oxygen atoms in total. The minimum absolute atomic E-state index is 0.125. The van der Waals surface area contributed by atoms with Gasteiger partial charge in [-0.3, -0.25) is 5.10 Å². The van der Waals surface area contributed by atoms with Gasteiger partial charge in [0.15, 0.2) is 0 Å². The van der Waals surface area contributed by atoms with Crippen LogP contribution in [0.5, 0.6) is 0 Å². The molecule has 1 aromatic carbocycles. The van der Waals surface area contributed by atoms with E-state index in [9.17, 15) is 0 Å². The number of nitrogens with one attached hydrogen (secondary N) is 2. The van der Waals surface area contributed by atoms with Gasteiger partial charge in [0.25, 0.3) is 0 Å². The lowest BCUT2D eigenvalue weighted by molar-refractivity contribution is 0.473. The molecule has 0 saturated heterocycles. The molecule has 0 fully saturated rings. The van der Waals surface area contributed by atoms with Crippen LogP contribution in [0.1, 0.15) is 42.0 Å². The Bertz CT molecular complexity index is 719. The first-order chi connectivity index (χ1) is 10.8. The van der Waals surface area contributed by atoms with E-state index < -0.39 is 0 Å². The van der Waals surface area contributed by atoms with Crippen molar-refractivity contribution in [2.24, 2.45) is 0 Å². The fraction of sp³-hybridized carbons (Fsp3) is 0.312. The van der Waals surface area contributed by atoms with Gasteiger partial charge in [0.1, 0.15) is 0 Å². The molecule has 0 radical (unpaired) electrons. The number of rotatable bonds is 6. The maximum Gasteiger partial charge on any atom is 0.315 e. The Morgan fingerprint density at radius 3 is 2.73 bits per heavy atom. The third-order valence-electron chi connectivity index (χ3n) is 3.71. The summed E-state index contributed by atoms with van der Waals surface area (Å²) in [5, 5.41) is 18.3. The Labute approximate surface area is 129 Å². The largest absolute Gasteiger partial charge is 0.407 e. The molecule has 2 heterocycles. The molecule has 0 amide bonds. The van der Waals surface area contributed by atoms with E-state index in [1.807, 2.05) is 25.1 Å². The number of benzene rings is 1. The topological polar surface area (TPSA) is 79.6 Å². The lowest BCUT2D eigenvalue weighted by Gasteiger charge is -2.10. The van der Waals surface area contributed by atoms with Crippen LogP contribution in [-0.4, -0.2) is 20.4 Å². The molecule has 0 bridgehead atoms. The first-order valence-electron chi connectivity index (χ1n) is 7.39. The molecule has 3 aromatic rings. The molecule has 22 heavy (non-hydrogen) atoms. The number of aromatic amines is 1. The van der Waals surface area contributed by atoms with Crippen LogP contribution < -0.4 is 5.32 Å². The Balaban J connectivity index is 1.71. The Hall–Kier alpha value is -2.63. The van der Waals surface area contributed by atoms with Gasteiger partial charge < -0.3 is 9.73 Å². The highest BCUT2D eigenvalue weighted by molar-refractivity contribution is 5.27. The molecule has 1 atom stereocenters. The fourth-order valence-electron chi connectivity index (χ4n) is 2.41. The smallest absolute Gasteiger partial charge is 0.315 e. The summed E-state index contributed by atoms with van der Waals surface area (Å²) in [6.07, 6.45) is 2.70. The van der Waals surface area contributed by atoms with E-state index in [0.29, 0.717) is 18.5 Å². The monoisotopic (exact) mass is 297 g/mol. The molecule has 3 rings (SSSR count). The van der Waals surface area contributed by atoms with Crippen molar-refractivity contribution in [2.75, 3.05) is 5.32 Å². The number of aromatic nitrogens is 4. The number of H-pyrrole nitrogens is 1. The second-order valence-electron chi connectivity index (χ2n) is 5.19. The normalized spacial score (nSPS) is 12.3. The van der Waals surface area contributed by atoms with E-state index in [2.05, 4.69) is 44.8 Å². The van der Waals surface area contributed by atoms with Crippen LogP contribution in [0.15, 0.2) is 40.9 Å². The van der Waals surface area contributed by atoms with Crippen LogP contribution in [0, 0.1) is 6.92 Å². The highest BCUT2D eigenvalue weighted by Crippen LogP contribution is 2.27. The van der Waals surface area contributed by atoms with Gasteiger partial charge >= 0.3 is 6.01 Å². The molecule has 114 valence electrons. The zero-order valence-corrected chi connectivity index (χ0v) is 12.7. The Morgan fingerprint density at radius 1 is 1.23 bits per heavy atom. The van der Waals surface area contributed by atoms with E-state index in [1.165, 1.54) is 5.56 Å². The summed E-state index contributed by atoms with van der Waals surface area (Å²) in [5.41, 5.74) is 3.30.